The fourth-order valence-electron chi connectivity index (χ4n) is 0.983. The molecule has 0 fully saturated rings. The molecule has 0 amide bonds. The van der Waals surface area contributed by atoms with Crippen LogP contribution in [-0.2, 0) is 6.42 Å². The first-order valence-electron chi connectivity index (χ1n) is 4.39. The Hall–Kier alpha value is -0.900. The Morgan fingerprint density at radius 2 is 2.08 bits per heavy atom. The highest BCUT2D eigenvalue weighted by atomic mass is 16.5. The van der Waals surface area contributed by atoms with Crippen molar-refractivity contribution in [2.24, 2.45) is 5.41 Å². The van der Waals surface area contributed by atoms with Gasteiger partial charge in [-0.3, -0.25) is 0 Å². The number of aliphatic hydroxyl groups is 1. The normalized spacial score (nSPS) is 14.5. The number of hydrogen-bond donors (Lipinski definition) is 1. The van der Waals surface area contributed by atoms with Crippen LogP contribution in [0.25, 0.3) is 0 Å². The quantitative estimate of drug-likeness (QED) is 0.760. The predicted octanol–water partition coefficient (Wildman–Crippen LogP) is 1.71. The van der Waals surface area contributed by atoms with Gasteiger partial charge in [0.2, 0.25) is 0 Å². The summed E-state index contributed by atoms with van der Waals surface area (Å²) in [6, 6.07) is 0. The van der Waals surface area contributed by atoms with Crippen molar-refractivity contribution in [1.82, 2.24) is 10.1 Å². The molecular weight excluding hydrogens is 168 g/mol. The first-order valence-corrected chi connectivity index (χ1v) is 4.39. The molecular formula is C9H16N2O2. The lowest BCUT2D eigenvalue weighted by Crippen LogP contribution is -2.10. The zero-order valence-corrected chi connectivity index (χ0v) is 8.53. The Kier molecular flexibility index (Phi) is 2.71. The van der Waals surface area contributed by atoms with Crippen molar-refractivity contribution in [3.8, 4) is 0 Å². The van der Waals surface area contributed by atoms with E-state index in [1.807, 2.05) is 0 Å². The molecule has 1 heterocycles. The maximum Gasteiger partial charge on any atom is 0.255 e. The molecule has 4 nitrogen and oxygen atoms in total. The summed E-state index contributed by atoms with van der Waals surface area (Å²) in [5.41, 5.74) is 0.139. The van der Waals surface area contributed by atoms with E-state index in [-0.39, 0.29) is 5.41 Å². The van der Waals surface area contributed by atoms with E-state index in [1.165, 1.54) is 0 Å². The van der Waals surface area contributed by atoms with E-state index in [2.05, 4.69) is 30.9 Å². The van der Waals surface area contributed by atoms with Gasteiger partial charge in [-0.05, 0) is 12.3 Å². The molecule has 4 heteroatoms. The maximum absolute atomic E-state index is 9.14. The summed E-state index contributed by atoms with van der Waals surface area (Å²) in [6.07, 6.45) is 0.0738. The second-order valence-corrected chi connectivity index (χ2v) is 4.46. The smallest absolute Gasteiger partial charge is 0.255 e. The van der Waals surface area contributed by atoms with Crippen molar-refractivity contribution in [2.45, 2.75) is 40.2 Å². The fourth-order valence-corrected chi connectivity index (χ4v) is 0.983. The van der Waals surface area contributed by atoms with Gasteiger partial charge in [-0.2, -0.15) is 4.98 Å². The SMILES string of the molecule is CC(O)c1nc(CC(C)(C)C)no1. The topological polar surface area (TPSA) is 59.2 Å². The Balaban J connectivity index is 2.70. The lowest BCUT2D eigenvalue weighted by atomic mass is 9.92. The average Bonchev–Trinajstić information content (AvgIpc) is 2.31. The van der Waals surface area contributed by atoms with Gasteiger partial charge >= 0.3 is 0 Å². The highest BCUT2D eigenvalue weighted by Gasteiger charge is 2.17. The molecule has 0 radical (unpaired) electrons. The van der Waals surface area contributed by atoms with Crippen molar-refractivity contribution in [3.05, 3.63) is 11.7 Å². The van der Waals surface area contributed by atoms with Gasteiger partial charge in [0, 0.05) is 6.42 Å². The highest BCUT2D eigenvalue weighted by Crippen LogP contribution is 2.19. The van der Waals surface area contributed by atoms with Gasteiger partial charge in [0.25, 0.3) is 5.89 Å². The number of aromatic nitrogens is 2. The zero-order chi connectivity index (χ0) is 10.1. The second-order valence-electron chi connectivity index (χ2n) is 4.46. The summed E-state index contributed by atoms with van der Waals surface area (Å²) < 4.78 is 4.86. The van der Waals surface area contributed by atoms with Crippen LogP contribution in [0.3, 0.4) is 0 Å². The minimum Gasteiger partial charge on any atom is -0.384 e. The summed E-state index contributed by atoms with van der Waals surface area (Å²) in [4.78, 5) is 4.07. The third kappa shape index (κ3) is 3.14. The Morgan fingerprint density at radius 3 is 2.46 bits per heavy atom. The number of rotatable bonds is 2. The van der Waals surface area contributed by atoms with E-state index < -0.39 is 6.10 Å². The Bertz CT molecular complexity index is 273. The predicted molar refractivity (Wildman–Crippen MR) is 48.1 cm³/mol. The highest BCUT2D eigenvalue weighted by molar-refractivity contribution is 4.91. The van der Waals surface area contributed by atoms with E-state index in [0.29, 0.717) is 11.7 Å². The van der Waals surface area contributed by atoms with Gasteiger partial charge in [-0.25, -0.2) is 0 Å². The molecule has 1 rings (SSSR count). The molecule has 1 atom stereocenters. The minimum atomic E-state index is -0.679. The van der Waals surface area contributed by atoms with Gasteiger partial charge in [0.05, 0.1) is 0 Å². The molecule has 0 saturated heterocycles. The second kappa shape index (κ2) is 3.46. The lowest BCUT2D eigenvalue weighted by Gasteiger charge is -2.14. The van der Waals surface area contributed by atoms with E-state index in [0.717, 1.165) is 6.42 Å². The van der Waals surface area contributed by atoms with Crippen LogP contribution >= 0.6 is 0 Å². The van der Waals surface area contributed by atoms with Crippen LogP contribution in [0.5, 0.6) is 0 Å². The molecule has 1 aromatic rings. The number of nitrogens with zero attached hydrogens (tertiary/aromatic N) is 2. The van der Waals surface area contributed by atoms with Gasteiger partial charge in [-0.1, -0.05) is 25.9 Å². The monoisotopic (exact) mass is 184 g/mol. The molecule has 1 N–H and O–H groups in total. The first kappa shape index (κ1) is 10.2. The number of aliphatic hydroxyl groups excluding tert-OH is 1. The lowest BCUT2D eigenvalue weighted by molar-refractivity contribution is 0.151. The summed E-state index contributed by atoms with van der Waals surface area (Å²) >= 11 is 0. The van der Waals surface area contributed by atoms with Crippen molar-refractivity contribution in [2.75, 3.05) is 0 Å². The van der Waals surface area contributed by atoms with Crippen LogP contribution < -0.4 is 0 Å². The Morgan fingerprint density at radius 1 is 1.46 bits per heavy atom. The van der Waals surface area contributed by atoms with Crippen molar-refractivity contribution in [1.29, 1.82) is 0 Å². The summed E-state index contributed by atoms with van der Waals surface area (Å²) in [5, 5.41) is 12.9. The van der Waals surface area contributed by atoms with Crippen LogP contribution in [0.15, 0.2) is 4.52 Å². The molecule has 1 unspecified atom stereocenters. The van der Waals surface area contributed by atoms with Crippen LogP contribution in [-0.4, -0.2) is 15.2 Å². The molecule has 13 heavy (non-hydrogen) atoms. The number of hydrogen-bond acceptors (Lipinski definition) is 4. The van der Waals surface area contributed by atoms with Gasteiger partial charge < -0.3 is 9.63 Å². The maximum atomic E-state index is 9.14. The summed E-state index contributed by atoms with van der Waals surface area (Å²) in [6.45, 7) is 7.91. The molecule has 1 aromatic heterocycles. The third-order valence-electron chi connectivity index (χ3n) is 1.53. The van der Waals surface area contributed by atoms with Crippen LogP contribution in [0, 0.1) is 5.41 Å². The fraction of sp³-hybridized carbons (Fsp3) is 0.778. The molecule has 74 valence electrons. The van der Waals surface area contributed by atoms with Crippen LogP contribution in [0.2, 0.25) is 0 Å². The standard InChI is InChI=1S/C9H16N2O2/c1-6(12)8-10-7(11-13-8)5-9(2,3)4/h6,12H,5H2,1-4H3. The molecule has 0 aliphatic carbocycles. The summed E-state index contributed by atoms with van der Waals surface area (Å²) in [5.74, 6) is 0.947. The molecule has 0 spiro atoms. The molecule has 0 aromatic carbocycles. The van der Waals surface area contributed by atoms with Crippen LogP contribution in [0.4, 0.5) is 0 Å². The molecule has 0 bridgehead atoms. The third-order valence-corrected chi connectivity index (χ3v) is 1.53. The largest absolute Gasteiger partial charge is 0.384 e. The van der Waals surface area contributed by atoms with E-state index >= 15 is 0 Å². The van der Waals surface area contributed by atoms with Crippen LogP contribution in [0.1, 0.15) is 45.5 Å². The molecule has 0 aliphatic rings. The average molecular weight is 184 g/mol. The van der Waals surface area contributed by atoms with E-state index in [1.54, 1.807) is 6.92 Å². The van der Waals surface area contributed by atoms with Gasteiger partial charge in [0.15, 0.2) is 5.82 Å². The van der Waals surface area contributed by atoms with Crippen molar-refractivity contribution < 1.29 is 9.63 Å². The Labute approximate surface area is 78.0 Å². The van der Waals surface area contributed by atoms with Gasteiger partial charge in [-0.15, -0.1) is 0 Å². The van der Waals surface area contributed by atoms with E-state index in [9.17, 15) is 0 Å². The van der Waals surface area contributed by atoms with Crippen molar-refractivity contribution in [3.63, 3.8) is 0 Å². The molecule has 0 aliphatic heterocycles. The van der Waals surface area contributed by atoms with Crippen molar-refractivity contribution >= 4 is 0 Å². The first-order chi connectivity index (χ1) is 5.88. The zero-order valence-electron chi connectivity index (χ0n) is 8.53. The van der Waals surface area contributed by atoms with Gasteiger partial charge in [0.1, 0.15) is 6.10 Å². The minimum absolute atomic E-state index is 0.139. The van der Waals surface area contributed by atoms with E-state index in [4.69, 9.17) is 9.63 Å². The molecule has 0 saturated carbocycles. The summed E-state index contributed by atoms with van der Waals surface area (Å²) in [7, 11) is 0.